The summed E-state index contributed by atoms with van der Waals surface area (Å²) in [5.41, 5.74) is 2.58. The van der Waals surface area contributed by atoms with Crippen LogP contribution in [0, 0.1) is 5.82 Å². The minimum atomic E-state index is -0.266. The number of hydrogen-bond acceptors (Lipinski definition) is 8. The third-order valence-corrected chi connectivity index (χ3v) is 5.91. The molecule has 0 amide bonds. The summed E-state index contributed by atoms with van der Waals surface area (Å²) in [6.07, 6.45) is 1.68. The highest BCUT2D eigenvalue weighted by Crippen LogP contribution is 2.46. The number of halogens is 2. The van der Waals surface area contributed by atoms with Gasteiger partial charge in [-0.05, 0) is 38.1 Å². The molecule has 4 rings (SSSR count). The van der Waals surface area contributed by atoms with Crippen LogP contribution in [0.1, 0.15) is 33.3 Å². The van der Waals surface area contributed by atoms with Gasteiger partial charge in [0.1, 0.15) is 17.5 Å². The molecule has 174 valence electrons. The molecule has 0 bridgehead atoms. The molecule has 2 N–H and O–H groups in total. The van der Waals surface area contributed by atoms with Crippen molar-refractivity contribution in [3.8, 4) is 0 Å². The Bertz CT molecular complexity index is 1140. The lowest BCUT2D eigenvalue weighted by Gasteiger charge is -2.29. The van der Waals surface area contributed by atoms with Crippen LogP contribution in [0.15, 0.2) is 36.5 Å². The van der Waals surface area contributed by atoms with E-state index in [0.29, 0.717) is 24.3 Å². The molecular weight excluding hydrogens is 443 g/mol. The second-order valence-corrected chi connectivity index (χ2v) is 9.31. The fraction of sp³-hybridized carbons (Fsp3) is 0.391. The third-order valence-electron chi connectivity index (χ3n) is 5.72. The van der Waals surface area contributed by atoms with E-state index in [0.717, 1.165) is 28.6 Å². The molecule has 2 aromatic heterocycles. The molecule has 0 atom stereocenters. The number of fused-ring (bicyclic) bond motifs is 1. The molecule has 1 aromatic carbocycles. The molecule has 0 unspecified atom stereocenters. The van der Waals surface area contributed by atoms with Gasteiger partial charge in [-0.1, -0.05) is 25.4 Å². The average Bonchev–Trinajstić information content (AvgIpc) is 3.04. The van der Waals surface area contributed by atoms with E-state index in [-0.39, 0.29) is 17.3 Å². The maximum absolute atomic E-state index is 13.5. The van der Waals surface area contributed by atoms with Crippen molar-refractivity contribution in [2.24, 2.45) is 0 Å². The molecule has 8 nitrogen and oxygen atoms in total. The molecule has 3 aromatic rings. The number of nitrogens with zero attached hydrogens (tertiary/aromatic N) is 6. The largest absolute Gasteiger partial charge is 0.373 e. The molecule has 10 heteroatoms. The minimum Gasteiger partial charge on any atom is -0.373 e. The number of rotatable bonds is 7. The quantitative estimate of drug-likeness (QED) is 0.476. The van der Waals surface area contributed by atoms with Crippen LogP contribution in [0.25, 0.3) is 0 Å². The summed E-state index contributed by atoms with van der Waals surface area (Å²) in [7, 11) is 1.86. The number of benzene rings is 1. The molecule has 1 aliphatic heterocycles. The molecule has 0 saturated carbocycles. The van der Waals surface area contributed by atoms with Crippen molar-refractivity contribution in [2.45, 2.75) is 39.2 Å². The van der Waals surface area contributed by atoms with E-state index >= 15 is 0 Å². The van der Waals surface area contributed by atoms with E-state index in [1.165, 1.54) is 12.1 Å². The van der Waals surface area contributed by atoms with E-state index in [1.807, 2.05) is 7.05 Å². The Hall–Kier alpha value is -3.20. The topological polar surface area (TPSA) is 82.1 Å². The summed E-state index contributed by atoms with van der Waals surface area (Å²) >= 11 is 6.04. The number of anilines is 5. The van der Waals surface area contributed by atoms with E-state index in [4.69, 9.17) is 21.6 Å². The van der Waals surface area contributed by atoms with Crippen LogP contribution in [0.3, 0.4) is 0 Å². The Balaban J connectivity index is 1.68. The molecule has 33 heavy (non-hydrogen) atoms. The summed E-state index contributed by atoms with van der Waals surface area (Å²) in [4.78, 5) is 13.8. The number of nitrogens with one attached hydrogen (secondary N) is 2. The van der Waals surface area contributed by atoms with Crippen molar-refractivity contribution >= 4 is 40.6 Å². The van der Waals surface area contributed by atoms with Crippen LogP contribution in [0.4, 0.5) is 33.3 Å². The van der Waals surface area contributed by atoms with Gasteiger partial charge in [0, 0.05) is 42.4 Å². The second-order valence-electron chi connectivity index (χ2n) is 8.93. The van der Waals surface area contributed by atoms with Crippen molar-refractivity contribution in [1.82, 2.24) is 20.2 Å². The Kier molecular flexibility index (Phi) is 6.25. The monoisotopic (exact) mass is 470 g/mol. The van der Waals surface area contributed by atoms with Gasteiger partial charge in [-0.3, -0.25) is 0 Å². The maximum atomic E-state index is 13.5. The van der Waals surface area contributed by atoms with Gasteiger partial charge in [-0.2, -0.15) is 15.1 Å². The zero-order chi connectivity index (χ0) is 23.8. The highest BCUT2D eigenvalue weighted by molar-refractivity contribution is 6.29. The van der Waals surface area contributed by atoms with Crippen molar-refractivity contribution in [3.05, 3.63) is 53.1 Å². The Morgan fingerprint density at radius 1 is 1.21 bits per heavy atom. The first-order valence-corrected chi connectivity index (χ1v) is 11.2. The summed E-state index contributed by atoms with van der Waals surface area (Å²) in [6.45, 7) is 9.64. The maximum Gasteiger partial charge on any atom is 0.228 e. The van der Waals surface area contributed by atoms with Gasteiger partial charge < -0.3 is 20.4 Å². The van der Waals surface area contributed by atoms with E-state index < -0.39 is 0 Å². The van der Waals surface area contributed by atoms with Crippen LogP contribution in [0.2, 0.25) is 5.15 Å². The lowest BCUT2D eigenvalue weighted by atomic mass is 9.88. The summed E-state index contributed by atoms with van der Waals surface area (Å²) in [5, 5.41) is 14.7. The average molecular weight is 471 g/mol. The second kappa shape index (κ2) is 8.97. The molecule has 0 aliphatic carbocycles. The third kappa shape index (κ3) is 4.64. The first kappa shape index (κ1) is 23.0. The Morgan fingerprint density at radius 3 is 2.58 bits per heavy atom. The summed E-state index contributed by atoms with van der Waals surface area (Å²) in [6, 6.07) is 8.43. The minimum absolute atomic E-state index is 0.172. The molecule has 0 saturated heterocycles. The van der Waals surface area contributed by atoms with Gasteiger partial charge >= 0.3 is 0 Å². The van der Waals surface area contributed by atoms with Crippen LogP contribution in [0.5, 0.6) is 0 Å². The number of aromatic nitrogens is 4. The van der Waals surface area contributed by atoms with E-state index in [9.17, 15) is 4.39 Å². The smallest absolute Gasteiger partial charge is 0.228 e. The molecule has 3 heterocycles. The highest BCUT2D eigenvalue weighted by atomic mass is 35.5. The van der Waals surface area contributed by atoms with Gasteiger partial charge in [0.25, 0.3) is 0 Å². The zero-order valence-electron chi connectivity index (χ0n) is 19.4. The van der Waals surface area contributed by atoms with Crippen LogP contribution >= 0.6 is 11.6 Å². The summed E-state index contributed by atoms with van der Waals surface area (Å²) in [5.74, 6) is 1.79. The predicted molar refractivity (Wildman–Crippen MR) is 131 cm³/mol. The van der Waals surface area contributed by atoms with E-state index in [1.54, 1.807) is 24.4 Å². The van der Waals surface area contributed by atoms with Gasteiger partial charge in [0.15, 0.2) is 5.15 Å². The fourth-order valence-corrected chi connectivity index (χ4v) is 4.28. The first-order valence-electron chi connectivity index (χ1n) is 10.8. The fourth-order valence-electron chi connectivity index (χ4n) is 4.13. The van der Waals surface area contributed by atoms with Crippen molar-refractivity contribution in [2.75, 3.05) is 40.7 Å². The van der Waals surface area contributed by atoms with Gasteiger partial charge in [-0.25, -0.2) is 4.39 Å². The van der Waals surface area contributed by atoms with Crippen LogP contribution in [-0.2, 0) is 5.41 Å². The summed E-state index contributed by atoms with van der Waals surface area (Å²) < 4.78 is 13.5. The van der Waals surface area contributed by atoms with Crippen LogP contribution < -0.4 is 20.4 Å². The van der Waals surface area contributed by atoms with Crippen LogP contribution in [-0.4, -0.2) is 46.5 Å². The SMILES string of the molecule is CNc1nc(NCN(c2cnnc(Cl)c2)C(C)C)nc2c1C(C)(C)CN2c1ccc(F)cc1. The van der Waals surface area contributed by atoms with E-state index in [2.05, 4.69) is 58.3 Å². The lowest BCUT2D eigenvalue weighted by molar-refractivity contribution is 0.569. The Labute approximate surface area is 198 Å². The molecule has 1 aliphatic rings. The Morgan fingerprint density at radius 2 is 1.94 bits per heavy atom. The first-order chi connectivity index (χ1) is 15.7. The van der Waals surface area contributed by atoms with Gasteiger partial charge in [0.05, 0.1) is 18.6 Å². The number of hydrogen-bond donors (Lipinski definition) is 2. The normalized spacial score (nSPS) is 14.4. The molecule has 0 fully saturated rings. The predicted octanol–water partition coefficient (Wildman–Crippen LogP) is 4.81. The highest BCUT2D eigenvalue weighted by Gasteiger charge is 2.40. The lowest BCUT2D eigenvalue weighted by Crippen LogP contribution is -2.36. The van der Waals surface area contributed by atoms with Crippen molar-refractivity contribution in [3.63, 3.8) is 0 Å². The zero-order valence-corrected chi connectivity index (χ0v) is 20.2. The molecule has 0 spiro atoms. The standard InChI is InChI=1S/C23H28ClFN8/c1-14(2)33(17-10-18(24)31-28-11-17)13-27-22-29-20(26-5)19-21(30-22)32(12-23(19,3)4)16-8-6-15(25)7-9-16/h6-11,14H,12-13H2,1-5H3,(H2,26,27,29,30). The van der Waals surface area contributed by atoms with Gasteiger partial charge in [-0.15, -0.1) is 5.10 Å². The van der Waals surface area contributed by atoms with Gasteiger partial charge in [0.2, 0.25) is 5.95 Å². The molecule has 0 radical (unpaired) electrons. The van der Waals surface area contributed by atoms with Crippen molar-refractivity contribution < 1.29 is 4.39 Å². The van der Waals surface area contributed by atoms with Crippen molar-refractivity contribution in [1.29, 1.82) is 0 Å². The molecular formula is C23H28ClFN8.